The molecule has 21 nitrogen and oxygen atoms in total. The average molecular weight is 1350 g/mol. The van der Waals surface area contributed by atoms with E-state index in [1.807, 2.05) is 126 Å². The maximum absolute atomic E-state index is 13.0. The van der Waals surface area contributed by atoms with Gasteiger partial charge in [0.25, 0.3) is 0 Å². The number of rotatable bonds is 12. The molecule has 0 saturated carbocycles. The monoisotopic (exact) mass is 1350 g/mol. The number of aliphatic carboxylic acids is 1. The number of thioether (sulfide) groups is 3. The van der Waals surface area contributed by atoms with Crippen LogP contribution in [0.1, 0.15) is 11.1 Å². The summed E-state index contributed by atoms with van der Waals surface area (Å²) in [6, 6.07) is 21.4. The van der Waals surface area contributed by atoms with Crippen LogP contribution in [0.2, 0.25) is 11.8 Å². The molecule has 446 valence electrons. The molecule has 5 N–H and O–H groups in total. The Kier molecular flexibility index (Phi) is 36.1. The van der Waals surface area contributed by atoms with E-state index < -0.39 is 13.1 Å². The molecular weight excluding hydrogens is 1280 g/mol. The van der Waals surface area contributed by atoms with Gasteiger partial charge in [-0.3, -0.25) is 19.2 Å². The number of anilines is 3. The summed E-state index contributed by atoms with van der Waals surface area (Å²) in [7, 11) is 10.1. The Hall–Kier alpha value is -4.69. The second-order valence-electron chi connectivity index (χ2n) is 18.0. The zero-order chi connectivity index (χ0) is 58.7. The predicted octanol–water partition coefficient (Wildman–Crippen LogP) is 2.03. The minimum absolute atomic E-state index is 0. The third-order valence-corrected chi connectivity index (χ3v) is 15.2. The largest absolute Gasteiger partial charge is 2.00 e. The van der Waals surface area contributed by atoms with Crippen LogP contribution >= 0.6 is 46.9 Å². The first-order chi connectivity index (χ1) is 37.6. The average Bonchev–Trinajstić information content (AvgIpc) is 3.51. The van der Waals surface area contributed by atoms with Gasteiger partial charge in [0, 0.05) is 68.2 Å². The van der Waals surface area contributed by atoms with Crippen molar-refractivity contribution in [3.8, 4) is 0 Å². The van der Waals surface area contributed by atoms with Crippen molar-refractivity contribution in [2.45, 2.75) is 55.0 Å². The van der Waals surface area contributed by atoms with Crippen molar-refractivity contribution in [3.05, 3.63) is 132 Å². The second-order valence-corrected chi connectivity index (χ2v) is 20.8. The van der Waals surface area contributed by atoms with Gasteiger partial charge in [0.1, 0.15) is 40.9 Å². The Labute approximate surface area is 568 Å². The van der Waals surface area contributed by atoms with Gasteiger partial charge in [0.2, 0.25) is 0 Å². The Morgan fingerprint density at radius 1 is 0.576 bits per heavy atom. The van der Waals surface area contributed by atoms with Crippen molar-refractivity contribution in [2.75, 3.05) is 75.8 Å². The van der Waals surface area contributed by atoms with Crippen LogP contribution in [-0.2, 0) is 54.4 Å². The van der Waals surface area contributed by atoms with Crippen LogP contribution < -0.4 is 90.1 Å². The maximum atomic E-state index is 13.0. The van der Waals surface area contributed by atoms with Gasteiger partial charge in [-0.25, -0.2) is 34.2 Å². The molecule has 29 heteroatoms. The maximum Gasteiger partial charge on any atom is 2.00 e. The summed E-state index contributed by atoms with van der Waals surface area (Å²) >= 11 is 10.8. The number of carbonyl (C=O) groups is 1. The van der Waals surface area contributed by atoms with Crippen LogP contribution in [0, 0.1) is 21.3 Å². The molecule has 0 fully saturated rings. The summed E-state index contributed by atoms with van der Waals surface area (Å²) in [6.45, 7) is 7.24. The summed E-state index contributed by atoms with van der Waals surface area (Å²) in [5, 5.41) is 35.0. The molecule has 0 unspecified atom stereocenters. The minimum Gasteiger partial charge on any atom is -0.870 e. The van der Waals surface area contributed by atoms with Crippen LogP contribution in [0.25, 0.3) is 71.2 Å². The number of benzene rings is 3. The summed E-state index contributed by atoms with van der Waals surface area (Å²) in [4.78, 5) is 94.5. The second kappa shape index (κ2) is 37.2. The molecule has 85 heavy (non-hydrogen) atoms. The molecule has 9 aromatic rings. The van der Waals surface area contributed by atoms with Gasteiger partial charge in [-0.05, 0) is 111 Å². The number of aromatic nitrogens is 6. The van der Waals surface area contributed by atoms with Crippen molar-refractivity contribution in [2.24, 2.45) is 0 Å². The number of hydrogen-bond acceptors (Lipinski definition) is 19. The number of carbonyl (C=O) groups excluding carboxylic acids is 2. The molecule has 0 amide bonds. The molecule has 0 radical (unpaired) electrons. The molecular formula is C56H64BClN10Na2O11PdS3-2. The van der Waals surface area contributed by atoms with E-state index >= 15 is 0 Å². The first kappa shape index (κ1) is 82.4. The Morgan fingerprint density at radius 3 is 1.13 bits per heavy atom. The number of aryl methyl sites for hydroxylation is 2. The Balaban J connectivity index is 0. The fraction of sp³-hybridized carbons (Fsp3) is 0.268. The minimum atomic E-state index is -1.17. The van der Waals surface area contributed by atoms with Crippen molar-refractivity contribution in [1.82, 2.24) is 28.7 Å². The Morgan fingerprint density at radius 2 is 0.847 bits per heavy atom. The SMILES string of the molecule is C=[N-].CB(O)O.CSc1c(C)ccc2c(=O)c3ccc(N(C)C)nc3n(CC(=O)O)c12.CSc1c(C)ccc2c(=O)c3ccc(N(C)C)nc3n(C[C-]=O)c12.CSc1c(Cl)ccc2c(=O)c3ccc(N(C)C)nc3n(C[C-]=O)c12.[CH3-].[Na+].[Na+].[OH-].[OH-].[Pd+2]. The molecule has 6 aromatic heterocycles. The van der Waals surface area contributed by atoms with E-state index in [9.17, 15) is 33.9 Å². The number of hydrogen-bond donors (Lipinski definition) is 3. The molecule has 3 aromatic carbocycles. The van der Waals surface area contributed by atoms with E-state index in [1.54, 1.807) is 74.0 Å². The number of carboxylic acids is 1. The molecule has 0 aliphatic heterocycles. The number of halogens is 1. The normalized spacial score (nSPS) is 9.96. The summed E-state index contributed by atoms with van der Waals surface area (Å²) in [5.41, 5.74) is 5.15. The van der Waals surface area contributed by atoms with E-state index in [0.717, 1.165) is 37.1 Å². The van der Waals surface area contributed by atoms with Gasteiger partial charge in [-0.15, -0.1) is 35.3 Å². The third kappa shape index (κ3) is 18.2. The first-order valence-electron chi connectivity index (χ1n) is 23.9. The molecule has 0 bridgehead atoms. The van der Waals surface area contributed by atoms with E-state index in [2.05, 4.69) is 21.7 Å². The van der Waals surface area contributed by atoms with Gasteiger partial charge in [0.05, 0.1) is 42.6 Å². The number of carboxylic acid groups (broad SMARTS) is 1. The number of pyridine rings is 6. The van der Waals surface area contributed by atoms with Crippen molar-refractivity contribution in [1.29, 1.82) is 0 Å². The molecule has 0 saturated heterocycles. The zero-order valence-electron chi connectivity index (χ0n) is 49.9. The van der Waals surface area contributed by atoms with Crippen molar-refractivity contribution in [3.63, 3.8) is 0 Å². The fourth-order valence-electron chi connectivity index (χ4n) is 8.64. The van der Waals surface area contributed by atoms with E-state index in [1.165, 1.54) is 30.3 Å². The molecule has 9 rings (SSSR count). The molecule has 0 aliphatic carbocycles. The van der Waals surface area contributed by atoms with Crippen molar-refractivity contribution >= 4 is 163 Å². The van der Waals surface area contributed by atoms with Gasteiger partial charge < -0.3 is 76.9 Å². The standard InChI is InChI=1S/C18H19N3O3S.C18H18N3O2S.C17H15ClN3O2S.CH5BO2.CH2N.CH3.2Na.2H2O.Pd/c1-10-5-6-11-15(17(10)25-4)21(9-14(22)23)18-12(16(11)24)7-8-13(19-18)20(2)3;1-11-5-6-12-15(17(11)24-4)21(9-10-22)18-13(16(12)23)7-8-14(19-18)20(2)3;1-20(2)13-7-5-11-15(23)10-4-6-12(18)16(24-3)14(10)21(8-9-22)17(11)19-13;1-2(3)4;1-2;;;;;;/h5-8H,9H2,1-4H3,(H,22,23);5-8H,9H2,1-4H3;4-7H,8H2,1-3H3;3-4H,1H3;1H2;1H3;;;2*1H2;/q;2*-1;;2*-1;2*+1;;;+2/p-2. The topological polar surface area (TPSA) is 309 Å². The zero-order valence-corrected chi connectivity index (χ0v) is 58.7. The quantitative estimate of drug-likeness (QED) is 0.0518. The Bertz CT molecular complexity index is 3830. The van der Waals surface area contributed by atoms with Crippen LogP contribution in [0.5, 0.6) is 0 Å². The summed E-state index contributed by atoms with van der Waals surface area (Å²) in [5.74, 6) is 1.13. The molecule has 0 spiro atoms. The molecule has 0 atom stereocenters. The third-order valence-electron chi connectivity index (χ3n) is 12.1. The number of fused-ring (bicyclic) bond motifs is 6. The first-order valence-corrected chi connectivity index (χ1v) is 27.9. The van der Waals surface area contributed by atoms with Crippen molar-refractivity contribution < 1.29 is 120 Å². The smallest absolute Gasteiger partial charge is 0.870 e. The van der Waals surface area contributed by atoms with Gasteiger partial charge in [-0.2, -0.15) is 0 Å². The predicted molar refractivity (Wildman–Crippen MR) is 339 cm³/mol. The van der Waals surface area contributed by atoms with Crippen LogP contribution in [-0.4, -0.2) is 148 Å². The van der Waals surface area contributed by atoms with Gasteiger partial charge >= 0.3 is 92.6 Å². The molecule has 0 aliphatic rings. The summed E-state index contributed by atoms with van der Waals surface area (Å²) < 4.78 is 5.15. The van der Waals surface area contributed by atoms with E-state index in [-0.39, 0.29) is 134 Å². The van der Waals surface area contributed by atoms with Gasteiger partial charge in [0.15, 0.2) is 16.3 Å². The van der Waals surface area contributed by atoms with Crippen LogP contribution in [0.15, 0.2) is 102 Å². The number of nitrogens with zero attached hydrogens (tertiary/aromatic N) is 10. The molecule has 6 heterocycles. The van der Waals surface area contributed by atoms with Crippen LogP contribution in [0.4, 0.5) is 17.5 Å². The fourth-order valence-corrected chi connectivity index (χ4v) is 11.3. The summed E-state index contributed by atoms with van der Waals surface area (Å²) in [6.07, 6.45) is 9.64. The van der Waals surface area contributed by atoms with Gasteiger partial charge in [-0.1, -0.05) is 36.8 Å². The van der Waals surface area contributed by atoms with E-state index in [4.69, 9.17) is 27.1 Å². The van der Waals surface area contributed by atoms with Crippen LogP contribution in [0.3, 0.4) is 0 Å². The van der Waals surface area contributed by atoms with E-state index in [0.29, 0.717) is 77.0 Å².